The van der Waals surface area contributed by atoms with E-state index in [1.54, 1.807) is 0 Å². The third kappa shape index (κ3) is 115. The Morgan fingerprint density at radius 2 is 1.30 bits per heavy atom. The zero-order valence-electron chi connectivity index (χ0n) is 6.20. The predicted molar refractivity (Wildman–Crippen MR) is 33.5 cm³/mol. The van der Waals surface area contributed by atoms with Gasteiger partial charge in [-0.1, -0.05) is 33.1 Å². The lowest BCUT2D eigenvalue weighted by Gasteiger charge is -1.86. The standard InChI is InChI=1S/C5H12.CHF3O/c1-3-5-4-2;2-1(3,4)5/h3-5H2,1-2H3;5H. The first-order valence-corrected chi connectivity index (χ1v) is 3.20. The van der Waals surface area contributed by atoms with Crippen molar-refractivity contribution in [3.63, 3.8) is 0 Å². The minimum absolute atomic E-state index is 1.34. The van der Waals surface area contributed by atoms with Crippen LogP contribution in [0.4, 0.5) is 13.2 Å². The van der Waals surface area contributed by atoms with Gasteiger partial charge in [-0.3, -0.25) is 0 Å². The van der Waals surface area contributed by atoms with Crippen molar-refractivity contribution in [3.05, 3.63) is 0 Å². The maximum Gasteiger partial charge on any atom is 0.519 e. The van der Waals surface area contributed by atoms with Crippen LogP contribution in [-0.2, 0) is 0 Å². The third-order valence-corrected chi connectivity index (χ3v) is 0.707. The fourth-order valence-corrected chi connectivity index (χ4v) is 0.354. The Balaban J connectivity index is 0. The van der Waals surface area contributed by atoms with E-state index in [9.17, 15) is 13.2 Å². The first-order valence-electron chi connectivity index (χ1n) is 3.20. The van der Waals surface area contributed by atoms with Gasteiger partial charge in [-0.05, 0) is 0 Å². The summed E-state index contributed by atoms with van der Waals surface area (Å²) in [6, 6.07) is 0. The van der Waals surface area contributed by atoms with Crippen molar-refractivity contribution >= 4 is 0 Å². The summed E-state index contributed by atoms with van der Waals surface area (Å²) in [5.74, 6) is 0. The van der Waals surface area contributed by atoms with Gasteiger partial charge < -0.3 is 5.11 Å². The van der Waals surface area contributed by atoms with E-state index in [4.69, 9.17) is 5.11 Å². The average Bonchev–Trinajstić information content (AvgIpc) is 1.63. The molecule has 0 unspecified atom stereocenters. The lowest BCUT2D eigenvalue weighted by molar-refractivity contribution is -0.295. The number of alkyl halides is 3. The molecule has 0 rings (SSSR count). The Labute approximate surface area is 58.9 Å². The Bertz CT molecular complexity index is 52.5. The second-order valence-electron chi connectivity index (χ2n) is 1.82. The number of hydrogen-bond acceptors (Lipinski definition) is 1. The van der Waals surface area contributed by atoms with Gasteiger partial charge in [0.05, 0.1) is 0 Å². The number of rotatable bonds is 2. The van der Waals surface area contributed by atoms with Gasteiger partial charge in [-0.25, -0.2) is 0 Å². The largest absolute Gasteiger partial charge is 0.519 e. The van der Waals surface area contributed by atoms with Crippen LogP contribution in [0.1, 0.15) is 33.1 Å². The molecular weight excluding hydrogens is 145 g/mol. The summed E-state index contributed by atoms with van der Waals surface area (Å²) in [6.45, 7) is 4.42. The van der Waals surface area contributed by atoms with Gasteiger partial charge in [0.2, 0.25) is 0 Å². The van der Waals surface area contributed by atoms with Crippen LogP contribution in [0, 0.1) is 0 Å². The van der Waals surface area contributed by atoms with Crippen molar-refractivity contribution < 1.29 is 18.3 Å². The minimum atomic E-state index is -5.00. The molecule has 64 valence electrons. The highest BCUT2D eigenvalue weighted by Crippen LogP contribution is 2.06. The molecule has 0 saturated carbocycles. The van der Waals surface area contributed by atoms with E-state index in [1.807, 2.05) is 0 Å². The zero-order valence-corrected chi connectivity index (χ0v) is 6.20. The molecule has 0 bridgehead atoms. The van der Waals surface area contributed by atoms with Gasteiger partial charge >= 0.3 is 6.36 Å². The molecule has 0 radical (unpaired) electrons. The molecule has 0 aliphatic rings. The summed E-state index contributed by atoms with van der Waals surface area (Å²) in [5.41, 5.74) is 0. The van der Waals surface area contributed by atoms with Crippen LogP contribution in [0.25, 0.3) is 0 Å². The Morgan fingerprint density at radius 1 is 1.10 bits per heavy atom. The summed E-state index contributed by atoms with van der Waals surface area (Å²) in [5, 5.41) is 6.52. The number of unbranched alkanes of at least 4 members (excludes halogenated alkanes) is 2. The van der Waals surface area contributed by atoms with Crippen LogP contribution >= 0.6 is 0 Å². The number of hydrogen-bond donors (Lipinski definition) is 1. The quantitative estimate of drug-likeness (QED) is 0.655. The smallest absolute Gasteiger partial charge is 0.308 e. The molecule has 0 aromatic heterocycles. The molecule has 1 N–H and O–H groups in total. The van der Waals surface area contributed by atoms with E-state index in [0.29, 0.717) is 0 Å². The molecule has 4 heteroatoms. The summed E-state index contributed by atoms with van der Waals surface area (Å²) in [4.78, 5) is 0. The molecule has 0 aromatic carbocycles. The van der Waals surface area contributed by atoms with Gasteiger partial charge in [0, 0.05) is 0 Å². The summed E-state index contributed by atoms with van der Waals surface area (Å²) in [6.07, 6.45) is -0.924. The average molecular weight is 158 g/mol. The van der Waals surface area contributed by atoms with E-state index < -0.39 is 6.36 Å². The maximum absolute atomic E-state index is 9.91. The number of aliphatic hydroxyl groups is 1. The predicted octanol–water partition coefficient (Wildman–Crippen LogP) is 2.70. The number of halogens is 3. The Morgan fingerprint density at radius 3 is 1.30 bits per heavy atom. The van der Waals surface area contributed by atoms with Crippen molar-refractivity contribution in [2.75, 3.05) is 0 Å². The van der Waals surface area contributed by atoms with Crippen molar-refractivity contribution in [2.45, 2.75) is 39.5 Å². The van der Waals surface area contributed by atoms with E-state index in [0.717, 1.165) is 0 Å². The molecule has 1 nitrogen and oxygen atoms in total. The molecule has 0 fully saturated rings. The van der Waals surface area contributed by atoms with Crippen LogP contribution in [0.15, 0.2) is 0 Å². The topological polar surface area (TPSA) is 20.2 Å². The van der Waals surface area contributed by atoms with Crippen molar-refractivity contribution in [2.24, 2.45) is 0 Å². The lowest BCUT2D eigenvalue weighted by Crippen LogP contribution is -2.01. The molecule has 0 spiro atoms. The Kier molecular flexibility index (Phi) is 8.53. The van der Waals surface area contributed by atoms with Crippen LogP contribution in [-0.4, -0.2) is 11.5 Å². The fraction of sp³-hybridized carbons (Fsp3) is 1.00. The molecule has 0 aromatic rings. The normalized spacial score (nSPS) is 10.2. The third-order valence-electron chi connectivity index (χ3n) is 0.707. The van der Waals surface area contributed by atoms with Crippen LogP contribution in [0.3, 0.4) is 0 Å². The molecule has 0 aliphatic heterocycles. The van der Waals surface area contributed by atoms with Crippen LogP contribution in [0.5, 0.6) is 0 Å². The SMILES string of the molecule is CCCCC.OC(F)(F)F. The van der Waals surface area contributed by atoms with E-state index in [2.05, 4.69) is 13.8 Å². The fourth-order valence-electron chi connectivity index (χ4n) is 0.354. The van der Waals surface area contributed by atoms with E-state index >= 15 is 0 Å². The van der Waals surface area contributed by atoms with E-state index in [1.165, 1.54) is 19.3 Å². The monoisotopic (exact) mass is 158 g/mol. The summed E-state index contributed by atoms with van der Waals surface area (Å²) < 4.78 is 29.7. The zero-order chi connectivity index (χ0) is 8.62. The molecule has 0 amide bonds. The second kappa shape index (κ2) is 6.86. The van der Waals surface area contributed by atoms with E-state index in [-0.39, 0.29) is 0 Å². The minimum Gasteiger partial charge on any atom is -0.308 e. The summed E-state index contributed by atoms with van der Waals surface area (Å²) >= 11 is 0. The van der Waals surface area contributed by atoms with Crippen molar-refractivity contribution in [1.82, 2.24) is 0 Å². The highest BCUT2D eigenvalue weighted by atomic mass is 19.4. The van der Waals surface area contributed by atoms with Crippen LogP contribution in [0.2, 0.25) is 0 Å². The highest BCUT2D eigenvalue weighted by molar-refractivity contribution is 4.24. The molecule has 0 saturated heterocycles. The first kappa shape index (κ1) is 12.4. The van der Waals surface area contributed by atoms with Gasteiger partial charge in [0.15, 0.2) is 0 Å². The second-order valence-corrected chi connectivity index (χ2v) is 1.82. The van der Waals surface area contributed by atoms with Gasteiger partial charge in [0.1, 0.15) is 0 Å². The van der Waals surface area contributed by atoms with Crippen LogP contribution < -0.4 is 0 Å². The maximum atomic E-state index is 9.91. The van der Waals surface area contributed by atoms with Gasteiger partial charge in [0.25, 0.3) is 0 Å². The Hall–Kier alpha value is -0.250. The van der Waals surface area contributed by atoms with Gasteiger partial charge in [-0.2, -0.15) is 0 Å². The van der Waals surface area contributed by atoms with Crippen molar-refractivity contribution in [3.8, 4) is 0 Å². The highest BCUT2D eigenvalue weighted by Gasteiger charge is 2.20. The molecule has 0 aliphatic carbocycles. The summed E-state index contributed by atoms with van der Waals surface area (Å²) in [7, 11) is 0. The lowest BCUT2D eigenvalue weighted by atomic mass is 10.3. The molecule has 10 heavy (non-hydrogen) atoms. The molecule has 0 atom stereocenters. The van der Waals surface area contributed by atoms with Gasteiger partial charge in [-0.15, -0.1) is 13.2 Å². The molecule has 0 heterocycles. The first-order chi connectivity index (χ1) is 4.41. The molecular formula is C6H13F3O. The van der Waals surface area contributed by atoms with Crippen molar-refractivity contribution in [1.29, 1.82) is 0 Å².